The largest absolute Gasteiger partial charge is 0.454 e. The fraction of sp³-hybridized carbons (Fsp3) is 0.206. The molecule has 202 valence electrons. The van der Waals surface area contributed by atoms with Crippen LogP contribution in [0.3, 0.4) is 0 Å². The highest BCUT2D eigenvalue weighted by molar-refractivity contribution is 6.25. The summed E-state index contributed by atoms with van der Waals surface area (Å²) in [4.78, 5) is 43.7. The number of aryl methyl sites for hydroxylation is 2. The molecule has 0 aromatic heterocycles. The predicted octanol–water partition coefficient (Wildman–Crippen LogP) is 5.71. The van der Waals surface area contributed by atoms with Crippen molar-refractivity contribution in [1.82, 2.24) is 0 Å². The molecule has 41 heavy (non-hydrogen) atoms. The van der Waals surface area contributed by atoms with Gasteiger partial charge >= 0.3 is 5.97 Å². The minimum atomic E-state index is -0.911. The van der Waals surface area contributed by atoms with E-state index in [9.17, 15) is 14.4 Å². The summed E-state index contributed by atoms with van der Waals surface area (Å²) in [7, 11) is 0. The molecule has 4 aliphatic rings. The molecular formula is C34H25NO6. The number of carbonyl (C=O) groups excluding carboxylic acids is 3. The standard InChI is InChI=1S/C34H25NO6/c1-17-7-11-25(18(2)13-17)35-32(36)28-23(20-9-12-26-27(14-20)40-16-39-26)15-24-22-10-8-19-5-3-4-6-21(19)31(22)41-34(38)29(24)30(28)33(35)37/h3-15,23,28-30H,16H2,1-2H3/t23-,28+,29-,30+/m1/s1. The van der Waals surface area contributed by atoms with Crippen LogP contribution < -0.4 is 19.1 Å². The van der Waals surface area contributed by atoms with E-state index in [2.05, 4.69) is 0 Å². The topological polar surface area (TPSA) is 82.1 Å². The van der Waals surface area contributed by atoms with Gasteiger partial charge in [-0.05, 0) is 54.1 Å². The molecule has 0 unspecified atom stereocenters. The van der Waals surface area contributed by atoms with Gasteiger partial charge in [-0.3, -0.25) is 14.4 Å². The van der Waals surface area contributed by atoms with Gasteiger partial charge in [-0.2, -0.15) is 0 Å². The Morgan fingerprint density at radius 3 is 2.46 bits per heavy atom. The van der Waals surface area contributed by atoms with Crippen LogP contribution in [0.1, 0.15) is 28.2 Å². The van der Waals surface area contributed by atoms with Crippen molar-refractivity contribution in [2.24, 2.45) is 17.8 Å². The van der Waals surface area contributed by atoms with E-state index in [0.29, 0.717) is 22.9 Å². The number of hydrogen-bond acceptors (Lipinski definition) is 6. The smallest absolute Gasteiger partial charge is 0.319 e. The molecule has 7 nitrogen and oxygen atoms in total. The first-order valence-electron chi connectivity index (χ1n) is 13.7. The SMILES string of the molecule is Cc1ccc(N2C(=O)[C@@H]3[C@@H]4C(=O)Oc5c(ccc6ccccc56)C4=C[C@H](c4ccc5c(c4)OCO5)[C@@H]3C2=O)c(C)c1. The van der Waals surface area contributed by atoms with Crippen LogP contribution >= 0.6 is 0 Å². The lowest BCUT2D eigenvalue weighted by Crippen LogP contribution is -2.42. The second-order valence-electron chi connectivity index (χ2n) is 11.2. The molecule has 3 heterocycles. The van der Waals surface area contributed by atoms with E-state index < -0.39 is 29.6 Å². The summed E-state index contributed by atoms with van der Waals surface area (Å²) in [5.41, 5.74) is 4.70. The maximum absolute atomic E-state index is 14.3. The Bertz CT molecular complexity index is 1870. The third kappa shape index (κ3) is 3.35. The van der Waals surface area contributed by atoms with Crippen LogP contribution in [0.2, 0.25) is 0 Å². The molecule has 1 saturated heterocycles. The normalized spacial score (nSPS) is 24.1. The Hall–Kier alpha value is -4.91. The number of rotatable bonds is 2. The van der Waals surface area contributed by atoms with Crippen molar-refractivity contribution < 1.29 is 28.6 Å². The molecule has 4 atom stereocenters. The molecule has 0 bridgehead atoms. The van der Waals surface area contributed by atoms with Crippen molar-refractivity contribution in [3.8, 4) is 17.2 Å². The van der Waals surface area contributed by atoms with Gasteiger partial charge in [0.05, 0.1) is 23.4 Å². The molecule has 0 saturated carbocycles. The van der Waals surface area contributed by atoms with Gasteiger partial charge in [0.2, 0.25) is 18.6 Å². The quantitative estimate of drug-likeness (QED) is 0.183. The fourth-order valence-corrected chi connectivity index (χ4v) is 7.03. The van der Waals surface area contributed by atoms with Crippen molar-refractivity contribution in [3.05, 3.63) is 101 Å². The monoisotopic (exact) mass is 543 g/mol. The van der Waals surface area contributed by atoms with Crippen molar-refractivity contribution in [2.45, 2.75) is 19.8 Å². The van der Waals surface area contributed by atoms with Crippen molar-refractivity contribution >= 4 is 39.8 Å². The summed E-state index contributed by atoms with van der Waals surface area (Å²) >= 11 is 0. The van der Waals surface area contributed by atoms with Gasteiger partial charge in [0, 0.05) is 16.9 Å². The molecule has 4 aromatic carbocycles. The summed E-state index contributed by atoms with van der Waals surface area (Å²) in [6.07, 6.45) is 1.99. The second-order valence-corrected chi connectivity index (χ2v) is 11.2. The lowest BCUT2D eigenvalue weighted by atomic mass is 9.64. The van der Waals surface area contributed by atoms with Gasteiger partial charge in [-0.1, -0.05) is 66.2 Å². The van der Waals surface area contributed by atoms with Gasteiger partial charge in [0.15, 0.2) is 11.5 Å². The minimum Gasteiger partial charge on any atom is -0.454 e. The third-order valence-corrected chi connectivity index (χ3v) is 8.86. The van der Waals surface area contributed by atoms with Gasteiger partial charge < -0.3 is 14.2 Å². The molecule has 7 heteroatoms. The summed E-state index contributed by atoms with van der Waals surface area (Å²) in [6.45, 7) is 3.98. The number of nitrogens with zero attached hydrogens (tertiary/aromatic N) is 1. The molecule has 1 aliphatic carbocycles. The third-order valence-electron chi connectivity index (χ3n) is 8.86. The Labute approximate surface area is 235 Å². The summed E-state index contributed by atoms with van der Waals surface area (Å²) < 4.78 is 17.2. The second kappa shape index (κ2) is 8.54. The lowest BCUT2D eigenvalue weighted by Gasteiger charge is -2.38. The van der Waals surface area contributed by atoms with Crippen LogP contribution in [0, 0.1) is 31.6 Å². The fourth-order valence-electron chi connectivity index (χ4n) is 7.03. The van der Waals surface area contributed by atoms with E-state index in [0.717, 1.165) is 38.6 Å². The highest BCUT2D eigenvalue weighted by Crippen LogP contribution is 2.56. The minimum absolute atomic E-state index is 0.128. The zero-order valence-corrected chi connectivity index (χ0v) is 22.4. The maximum Gasteiger partial charge on any atom is 0.319 e. The van der Waals surface area contributed by atoms with Crippen molar-refractivity contribution in [2.75, 3.05) is 11.7 Å². The van der Waals surface area contributed by atoms with Gasteiger partial charge in [-0.25, -0.2) is 4.90 Å². The highest BCUT2D eigenvalue weighted by atomic mass is 16.7. The number of hydrogen-bond donors (Lipinski definition) is 0. The molecule has 8 rings (SSSR count). The van der Waals surface area contributed by atoms with E-state index in [-0.39, 0.29) is 18.6 Å². The molecule has 0 N–H and O–H groups in total. The van der Waals surface area contributed by atoms with E-state index >= 15 is 0 Å². The first kappa shape index (κ1) is 23.9. The number of benzene rings is 4. The first-order chi connectivity index (χ1) is 19.9. The van der Waals surface area contributed by atoms with Crippen LogP contribution in [-0.2, 0) is 14.4 Å². The van der Waals surface area contributed by atoms with Crippen LogP contribution in [-0.4, -0.2) is 24.6 Å². The van der Waals surface area contributed by atoms with Crippen LogP contribution in [0.25, 0.3) is 16.3 Å². The molecule has 4 aromatic rings. The summed E-state index contributed by atoms with van der Waals surface area (Å²) in [6, 6.07) is 22.9. The Balaban J connectivity index is 1.34. The zero-order valence-electron chi connectivity index (χ0n) is 22.4. The number of esters is 1. The summed E-state index contributed by atoms with van der Waals surface area (Å²) in [5.74, 6) is -2.56. The number of amides is 2. The van der Waals surface area contributed by atoms with Crippen LogP contribution in [0.15, 0.2) is 78.9 Å². The summed E-state index contributed by atoms with van der Waals surface area (Å²) in [5, 5.41) is 1.78. The van der Waals surface area contributed by atoms with Gasteiger partial charge in [-0.15, -0.1) is 0 Å². The molecule has 3 aliphatic heterocycles. The van der Waals surface area contributed by atoms with E-state index in [1.54, 1.807) is 0 Å². The maximum atomic E-state index is 14.3. The van der Waals surface area contributed by atoms with Gasteiger partial charge in [0.1, 0.15) is 5.75 Å². The van der Waals surface area contributed by atoms with E-state index in [1.807, 2.05) is 92.7 Å². The number of allylic oxidation sites excluding steroid dienone is 1. The molecule has 0 spiro atoms. The van der Waals surface area contributed by atoms with Crippen molar-refractivity contribution in [1.29, 1.82) is 0 Å². The Kier molecular flexibility index (Phi) is 4.99. The average molecular weight is 544 g/mol. The number of ether oxygens (including phenoxy) is 3. The number of imide groups is 1. The average Bonchev–Trinajstić information content (AvgIpc) is 3.54. The number of fused-ring (bicyclic) bond motifs is 8. The van der Waals surface area contributed by atoms with Crippen LogP contribution in [0.5, 0.6) is 17.2 Å². The lowest BCUT2D eigenvalue weighted by molar-refractivity contribution is -0.142. The molecular weight excluding hydrogens is 518 g/mol. The molecule has 1 fully saturated rings. The Morgan fingerprint density at radius 2 is 1.61 bits per heavy atom. The zero-order chi connectivity index (χ0) is 28.0. The van der Waals surface area contributed by atoms with E-state index in [1.165, 1.54) is 4.90 Å². The highest BCUT2D eigenvalue weighted by Gasteiger charge is 2.60. The predicted molar refractivity (Wildman–Crippen MR) is 152 cm³/mol. The number of anilines is 1. The Morgan fingerprint density at radius 1 is 0.805 bits per heavy atom. The van der Waals surface area contributed by atoms with Crippen LogP contribution in [0.4, 0.5) is 5.69 Å². The molecule has 2 amide bonds. The van der Waals surface area contributed by atoms with Gasteiger partial charge in [0.25, 0.3) is 0 Å². The van der Waals surface area contributed by atoms with Crippen molar-refractivity contribution in [3.63, 3.8) is 0 Å². The molecule has 0 radical (unpaired) electrons. The number of carbonyl (C=O) groups is 3. The van der Waals surface area contributed by atoms with E-state index in [4.69, 9.17) is 14.2 Å². The first-order valence-corrected chi connectivity index (χ1v) is 13.7.